The molecule has 2 N–H and O–H groups in total. The quantitative estimate of drug-likeness (QED) is 0.660. The molecule has 2 aromatic rings. The summed E-state index contributed by atoms with van der Waals surface area (Å²) >= 11 is 0. The van der Waals surface area contributed by atoms with Crippen molar-refractivity contribution in [3.05, 3.63) is 59.9 Å². The number of methoxy groups -OCH3 is 1. The number of rotatable bonds is 7. The Bertz CT molecular complexity index is 960. The van der Waals surface area contributed by atoms with Crippen LogP contribution < -0.4 is 15.0 Å². The second-order valence-corrected chi connectivity index (χ2v) is 8.76. The smallest absolute Gasteiger partial charge is 0.275 e. The van der Waals surface area contributed by atoms with Gasteiger partial charge in [-0.05, 0) is 18.2 Å². The largest absolute Gasteiger partial charge is 0.496 e. The average molecular weight is 423 g/mol. The summed E-state index contributed by atoms with van der Waals surface area (Å²) in [7, 11) is -2.29. The lowest BCUT2D eigenvalue weighted by Crippen LogP contribution is -3.15. The summed E-state index contributed by atoms with van der Waals surface area (Å²) < 4.78 is 45.7. The number of nitrogens with zero attached hydrogens (tertiary/aromatic N) is 1. The second kappa shape index (κ2) is 9.34. The Kier molecular flexibility index (Phi) is 6.83. The molecule has 156 valence electrons. The zero-order chi connectivity index (χ0) is 20.9. The monoisotopic (exact) mass is 422 g/mol. The van der Waals surface area contributed by atoms with Crippen molar-refractivity contribution < 1.29 is 27.2 Å². The number of hydrogen-bond acceptors (Lipinski definition) is 4. The highest BCUT2D eigenvalue weighted by molar-refractivity contribution is 7.89. The predicted octanol–water partition coefficient (Wildman–Crippen LogP) is 0.0399. The van der Waals surface area contributed by atoms with Crippen molar-refractivity contribution in [3.8, 4) is 5.75 Å². The van der Waals surface area contributed by atoms with Crippen LogP contribution in [0.4, 0.5) is 4.39 Å². The maximum atomic E-state index is 13.9. The summed E-state index contributed by atoms with van der Waals surface area (Å²) in [6, 6.07) is 12.8. The molecule has 7 nitrogen and oxygen atoms in total. The third-order valence-electron chi connectivity index (χ3n) is 4.96. The SMILES string of the molecule is COc1ccccc1CNC(=O)C[NH+]1CCN(S(=O)(=O)c2ccccc2F)CC1. The number of para-hydroxylation sites is 1. The Labute approximate surface area is 170 Å². The first kappa shape index (κ1) is 21.2. The topological polar surface area (TPSA) is 80.2 Å². The number of benzene rings is 2. The molecule has 1 aliphatic rings. The molecule has 1 saturated heterocycles. The molecule has 1 aliphatic heterocycles. The summed E-state index contributed by atoms with van der Waals surface area (Å²) in [6.07, 6.45) is 0. The average Bonchev–Trinajstić information content (AvgIpc) is 2.73. The normalized spacial score (nSPS) is 15.8. The van der Waals surface area contributed by atoms with E-state index >= 15 is 0 Å². The van der Waals surface area contributed by atoms with E-state index in [0.717, 1.165) is 16.5 Å². The van der Waals surface area contributed by atoms with Gasteiger partial charge in [0.15, 0.2) is 6.54 Å². The van der Waals surface area contributed by atoms with Gasteiger partial charge in [-0.15, -0.1) is 0 Å². The van der Waals surface area contributed by atoms with E-state index in [1.54, 1.807) is 7.11 Å². The number of quaternary nitrogens is 1. The number of carbonyl (C=O) groups excluding carboxylic acids is 1. The molecule has 0 unspecified atom stereocenters. The molecule has 1 amide bonds. The lowest BCUT2D eigenvalue weighted by molar-refractivity contribution is -0.895. The lowest BCUT2D eigenvalue weighted by Gasteiger charge is -2.31. The zero-order valence-electron chi connectivity index (χ0n) is 16.2. The lowest BCUT2D eigenvalue weighted by atomic mass is 10.2. The third kappa shape index (κ3) is 5.11. The van der Waals surface area contributed by atoms with Crippen molar-refractivity contribution in [1.82, 2.24) is 9.62 Å². The van der Waals surface area contributed by atoms with E-state index in [-0.39, 0.29) is 30.4 Å². The molecule has 0 aliphatic carbocycles. The molecular formula is C20H25FN3O4S+. The van der Waals surface area contributed by atoms with Gasteiger partial charge in [0.05, 0.1) is 33.3 Å². The summed E-state index contributed by atoms with van der Waals surface area (Å²) in [5, 5.41) is 2.87. The number of amides is 1. The molecule has 0 atom stereocenters. The maximum Gasteiger partial charge on any atom is 0.275 e. The van der Waals surface area contributed by atoms with Crippen molar-refractivity contribution in [3.63, 3.8) is 0 Å². The van der Waals surface area contributed by atoms with Gasteiger partial charge in [0.25, 0.3) is 5.91 Å². The molecule has 0 spiro atoms. The number of halogens is 1. The van der Waals surface area contributed by atoms with Crippen molar-refractivity contribution in [1.29, 1.82) is 0 Å². The third-order valence-corrected chi connectivity index (χ3v) is 6.89. The first-order valence-corrected chi connectivity index (χ1v) is 10.8. The highest BCUT2D eigenvalue weighted by atomic mass is 32.2. The standard InChI is InChI=1S/C20H24FN3O4S/c1-28-18-8-4-2-6-16(18)14-22-20(25)15-23-10-12-24(13-11-23)29(26,27)19-9-5-3-7-17(19)21/h2-9H,10-15H2,1H3,(H,22,25)/p+1. The van der Waals surface area contributed by atoms with Crippen LogP contribution in [0.1, 0.15) is 5.56 Å². The molecule has 0 saturated carbocycles. The van der Waals surface area contributed by atoms with Gasteiger partial charge >= 0.3 is 0 Å². The van der Waals surface area contributed by atoms with Crippen LogP contribution in [0.15, 0.2) is 53.4 Å². The minimum atomic E-state index is -3.87. The Morgan fingerprint density at radius 1 is 1.14 bits per heavy atom. The van der Waals surface area contributed by atoms with Gasteiger partial charge in [0, 0.05) is 12.1 Å². The fourth-order valence-electron chi connectivity index (χ4n) is 3.34. The summed E-state index contributed by atoms with van der Waals surface area (Å²) in [6.45, 7) is 2.07. The van der Waals surface area contributed by atoms with E-state index < -0.39 is 15.8 Å². The number of hydrogen-bond donors (Lipinski definition) is 2. The highest BCUT2D eigenvalue weighted by Gasteiger charge is 2.32. The van der Waals surface area contributed by atoms with Gasteiger partial charge in [0.1, 0.15) is 16.5 Å². The van der Waals surface area contributed by atoms with Crippen molar-refractivity contribution in [2.24, 2.45) is 0 Å². The fourth-order valence-corrected chi connectivity index (χ4v) is 4.85. The second-order valence-electron chi connectivity index (χ2n) is 6.85. The van der Waals surface area contributed by atoms with Crippen LogP contribution >= 0.6 is 0 Å². The maximum absolute atomic E-state index is 13.9. The molecular weight excluding hydrogens is 397 g/mol. The van der Waals surface area contributed by atoms with Gasteiger partial charge in [-0.2, -0.15) is 4.31 Å². The molecule has 29 heavy (non-hydrogen) atoms. The number of piperazine rings is 1. The highest BCUT2D eigenvalue weighted by Crippen LogP contribution is 2.19. The van der Waals surface area contributed by atoms with Gasteiger partial charge < -0.3 is 15.0 Å². The first-order valence-electron chi connectivity index (χ1n) is 9.38. The first-order chi connectivity index (χ1) is 13.9. The predicted molar refractivity (Wildman–Crippen MR) is 106 cm³/mol. The van der Waals surface area contributed by atoms with E-state index in [1.807, 2.05) is 24.3 Å². The van der Waals surface area contributed by atoms with Crippen LogP contribution in [-0.2, 0) is 21.4 Å². The van der Waals surface area contributed by atoms with E-state index in [0.29, 0.717) is 25.4 Å². The molecule has 2 aromatic carbocycles. The summed E-state index contributed by atoms with van der Waals surface area (Å²) in [4.78, 5) is 13.0. The van der Waals surface area contributed by atoms with Crippen LogP contribution in [-0.4, -0.2) is 58.5 Å². The van der Waals surface area contributed by atoms with E-state index in [2.05, 4.69) is 5.32 Å². The van der Waals surface area contributed by atoms with Gasteiger partial charge in [-0.25, -0.2) is 12.8 Å². The Morgan fingerprint density at radius 3 is 2.48 bits per heavy atom. The molecule has 1 fully saturated rings. The van der Waals surface area contributed by atoms with Gasteiger partial charge in [0.2, 0.25) is 10.0 Å². The van der Waals surface area contributed by atoms with Crippen LogP contribution in [0.5, 0.6) is 5.75 Å². The minimum absolute atomic E-state index is 0.115. The Morgan fingerprint density at radius 2 is 1.79 bits per heavy atom. The molecule has 0 aromatic heterocycles. The molecule has 9 heteroatoms. The Balaban J connectivity index is 1.51. The molecule has 1 heterocycles. The Hall–Kier alpha value is -2.49. The number of sulfonamides is 1. The van der Waals surface area contributed by atoms with Crippen molar-refractivity contribution in [2.45, 2.75) is 11.4 Å². The number of ether oxygens (including phenoxy) is 1. The van der Waals surface area contributed by atoms with E-state index in [1.165, 1.54) is 22.5 Å². The van der Waals surface area contributed by atoms with Crippen molar-refractivity contribution in [2.75, 3.05) is 39.8 Å². The fraction of sp³-hybridized carbons (Fsp3) is 0.350. The molecule has 0 bridgehead atoms. The van der Waals surface area contributed by atoms with Crippen LogP contribution in [0.3, 0.4) is 0 Å². The zero-order valence-corrected chi connectivity index (χ0v) is 17.0. The van der Waals surface area contributed by atoms with Gasteiger partial charge in [-0.3, -0.25) is 4.79 Å². The summed E-state index contributed by atoms with van der Waals surface area (Å²) in [5.74, 6) is -0.151. The molecule has 0 radical (unpaired) electrons. The number of nitrogens with one attached hydrogen (secondary N) is 2. The van der Waals surface area contributed by atoms with Crippen LogP contribution in [0.25, 0.3) is 0 Å². The minimum Gasteiger partial charge on any atom is -0.496 e. The van der Waals surface area contributed by atoms with Crippen LogP contribution in [0, 0.1) is 5.82 Å². The van der Waals surface area contributed by atoms with Crippen molar-refractivity contribution >= 4 is 15.9 Å². The van der Waals surface area contributed by atoms with Gasteiger partial charge in [-0.1, -0.05) is 30.3 Å². The van der Waals surface area contributed by atoms with Crippen LogP contribution in [0.2, 0.25) is 0 Å². The summed E-state index contributed by atoms with van der Waals surface area (Å²) in [5.41, 5.74) is 0.888. The van der Waals surface area contributed by atoms with E-state index in [9.17, 15) is 17.6 Å². The molecule has 3 rings (SSSR count). The van der Waals surface area contributed by atoms with E-state index in [4.69, 9.17) is 4.74 Å². The number of carbonyl (C=O) groups is 1.